The van der Waals surface area contributed by atoms with Gasteiger partial charge in [-0.1, -0.05) is 109 Å². The van der Waals surface area contributed by atoms with Gasteiger partial charge < -0.3 is 4.90 Å². The molecule has 0 bridgehead atoms. The first-order valence-electron chi connectivity index (χ1n) is 15.8. The summed E-state index contributed by atoms with van der Waals surface area (Å²) in [7, 11) is 0. The van der Waals surface area contributed by atoms with Crippen molar-refractivity contribution in [3.8, 4) is 0 Å². The molecule has 0 amide bonds. The summed E-state index contributed by atoms with van der Waals surface area (Å²) >= 11 is 0. The summed E-state index contributed by atoms with van der Waals surface area (Å²) in [4.78, 5) is 9.14. The molecule has 0 unspecified atom stereocenters. The third-order valence-electron chi connectivity index (χ3n) is 9.09. The van der Waals surface area contributed by atoms with E-state index in [1.807, 2.05) is 65.7 Å². The first-order valence-corrected chi connectivity index (χ1v) is 15.8. The third kappa shape index (κ3) is 4.38. The van der Waals surface area contributed by atoms with Crippen molar-refractivity contribution in [1.82, 2.24) is 4.98 Å². The molecule has 0 radical (unpaired) electrons. The molecule has 1 heterocycles. The number of aromatic nitrogens is 1. The van der Waals surface area contributed by atoms with Gasteiger partial charge in [-0.25, -0.2) is 9.37 Å². The fraction of sp³-hybridized carbons (Fsp3) is 0. The Morgan fingerprint density at radius 2 is 0.957 bits per heavy atom. The zero-order valence-electron chi connectivity index (χ0n) is 25.4. The van der Waals surface area contributed by atoms with Crippen molar-refractivity contribution in [1.29, 1.82) is 0 Å². The van der Waals surface area contributed by atoms with E-state index in [4.69, 9.17) is 4.98 Å². The van der Waals surface area contributed by atoms with Crippen LogP contribution in [0.1, 0.15) is 0 Å². The van der Waals surface area contributed by atoms with E-state index in [-0.39, 0.29) is 5.82 Å². The third-order valence-corrected chi connectivity index (χ3v) is 9.09. The first-order chi connectivity index (χ1) is 23.3. The zero-order chi connectivity index (χ0) is 31.3. The van der Waals surface area contributed by atoms with E-state index in [1.165, 1.54) is 16.8 Å². The Balaban J connectivity index is 1.34. The maximum Gasteiger partial charge on any atom is 0.147 e. The second-order valence-corrected chi connectivity index (χ2v) is 11.7. The van der Waals surface area contributed by atoms with Gasteiger partial charge in [0.1, 0.15) is 11.6 Å². The summed E-state index contributed by atoms with van der Waals surface area (Å²) in [6.07, 6.45) is 1.84. The summed E-state index contributed by atoms with van der Waals surface area (Å²) < 4.78 is 15.5. The zero-order valence-corrected chi connectivity index (χ0v) is 25.4. The minimum atomic E-state index is -0.273. The lowest BCUT2D eigenvalue weighted by Gasteiger charge is -2.29. The van der Waals surface area contributed by atoms with E-state index in [1.54, 1.807) is 6.07 Å². The summed E-state index contributed by atoms with van der Waals surface area (Å²) in [5, 5.41) is 9.09. The second-order valence-electron chi connectivity index (χ2n) is 11.7. The quantitative estimate of drug-likeness (QED) is 0.176. The molecule has 4 heteroatoms. The average molecular weight is 606 g/mol. The number of nitrogens with zero attached hydrogens (tertiary/aromatic N) is 3. The van der Waals surface area contributed by atoms with Crippen molar-refractivity contribution in [3.63, 3.8) is 0 Å². The number of halogens is 1. The topological polar surface area (TPSA) is 19.4 Å². The maximum absolute atomic E-state index is 15.5. The van der Waals surface area contributed by atoms with Crippen molar-refractivity contribution < 1.29 is 4.39 Å². The lowest BCUT2D eigenvalue weighted by atomic mass is 9.91. The van der Waals surface area contributed by atoms with Gasteiger partial charge in [0.15, 0.2) is 0 Å². The van der Waals surface area contributed by atoms with Gasteiger partial charge in [0, 0.05) is 28.0 Å². The van der Waals surface area contributed by atoms with Gasteiger partial charge >= 0.3 is 0 Å². The van der Waals surface area contributed by atoms with Crippen LogP contribution in [-0.4, -0.2) is 4.98 Å². The molecule has 9 aromatic rings. The highest BCUT2D eigenvalue weighted by molar-refractivity contribution is 6.28. The van der Waals surface area contributed by atoms with Gasteiger partial charge in [-0.3, -0.25) is 4.90 Å². The highest BCUT2D eigenvalue weighted by Gasteiger charge is 2.23. The number of anilines is 6. The molecular weight excluding hydrogens is 577 g/mol. The van der Waals surface area contributed by atoms with Crippen LogP contribution in [0.5, 0.6) is 0 Å². The van der Waals surface area contributed by atoms with Gasteiger partial charge in [0.05, 0.1) is 22.7 Å². The van der Waals surface area contributed by atoms with Gasteiger partial charge in [0.2, 0.25) is 0 Å². The standard InChI is InChI=1S/C43H28FN3/c44-36-16-6-7-17-40(36)46(32-13-2-1-3-14-32)38-26-22-30-21-25-35-39(27-23-31-20-24-34(38)42(30)43(31)35)47(41-19-8-9-28-45-41)37-18-10-12-29-11-4-5-15-33(29)37/h1-28H. The first kappa shape index (κ1) is 27.1. The van der Waals surface area contributed by atoms with Crippen LogP contribution in [0.3, 0.4) is 0 Å². The molecule has 9 rings (SSSR count). The second kappa shape index (κ2) is 11.0. The monoisotopic (exact) mass is 605 g/mol. The fourth-order valence-electron chi connectivity index (χ4n) is 7.04. The molecule has 0 spiro atoms. The Kier molecular flexibility index (Phi) is 6.32. The average Bonchev–Trinajstić information content (AvgIpc) is 3.13. The van der Waals surface area contributed by atoms with Crippen molar-refractivity contribution in [2.45, 2.75) is 0 Å². The molecule has 0 aliphatic rings. The molecule has 0 aliphatic carbocycles. The molecule has 222 valence electrons. The minimum Gasteiger partial charge on any atom is -0.307 e. The highest BCUT2D eigenvalue weighted by atomic mass is 19.1. The van der Waals surface area contributed by atoms with Crippen molar-refractivity contribution >= 4 is 77.3 Å². The van der Waals surface area contributed by atoms with Gasteiger partial charge in [-0.15, -0.1) is 0 Å². The van der Waals surface area contributed by atoms with Gasteiger partial charge in [-0.2, -0.15) is 0 Å². The minimum absolute atomic E-state index is 0.273. The fourth-order valence-corrected chi connectivity index (χ4v) is 7.04. The van der Waals surface area contributed by atoms with E-state index < -0.39 is 0 Å². The predicted octanol–water partition coefficient (Wildman–Crippen LogP) is 12.2. The smallest absolute Gasteiger partial charge is 0.147 e. The van der Waals surface area contributed by atoms with Crippen molar-refractivity contribution in [2.24, 2.45) is 0 Å². The van der Waals surface area contributed by atoms with Crippen LogP contribution < -0.4 is 9.80 Å². The molecule has 0 aliphatic heterocycles. The number of benzene rings is 8. The van der Waals surface area contributed by atoms with Gasteiger partial charge in [0.25, 0.3) is 0 Å². The van der Waals surface area contributed by atoms with E-state index in [0.29, 0.717) is 5.69 Å². The lowest BCUT2D eigenvalue weighted by molar-refractivity contribution is 0.629. The Morgan fingerprint density at radius 1 is 0.383 bits per heavy atom. The number of fused-ring (bicyclic) bond motifs is 1. The number of hydrogen-bond acceptors (Lipinski definition) is 3. The Morgan fingerprint density at radius 3 is 1.68 bits per heavy atom. The van der Waals surface area contributed by atoms with Crippen LogP contribution in [0.2, 0.25) is 0 Å². The largest absolute Gasteiger partial charge is 0.307 e. The van der Waals surface area contributed by atoms with Crippen LogP contribution in [0.15, 0.2) is 170 Å². The van der Waals surface area contributed by atoms with E-state index in [2.05, 4.69) is 102 Å². The Hall–Kier alpha value is -6.26. The van der Waals surface area contributed by atoms with E-state index in [0.717, 1.165) is 60.9 Å². The van der Waals surface area contributed by atoms with Crippen molar-refractivity contribution in [2.75, 3.05) is 9.80 Å². The van der Waals surface area contributed by atoms with E-state index in [9.17, 15) is 0 Å². The summed E-state index contributed by atoms with van der Waals surface area (Å²) in [5.41, 5.74) is 4.43. The van der Waals surface area contributed by atoms with Gasteiger partial charge in [-0.05, 0) is 81.5 Å². The van der Waals surface area contributed by atoms with Crippen LogP contribution in [-0.2, 0) is 0 Å². The number of rotatable bonds is 6. The molecule has 8 aromatic carbocycles. The SMILES string of the molecule is Fc1ccccc1N(c1ccccc1)c1ccc2ccc3c(N(c4ccccn4)c4cccc5ccccc45)ccc4ccc1c2c43. The van der Waals surface area contributed by atoms with Crippen LogP contribution in [0, 0.1) is 5.82 Å². The molecule has 0 saturated heterocycles. The normalized spacial score (nSPS) is 11.5. The molecule has 0 N–H and O–H groups in total. The molecule has 0 saturated carbocycles. The summed E-state index contributed by atoms with van der Waals surface area (Å²) in [5.74, 6) is 0.569. The lowest BCUT2D eigenvalue weighted by Crippen LogP contribution is -2.13. The molecular formula is C43H28FN3. The molecule has 3 nitrogen and oxygen atoms in total. The van der Waals surface area contributed by atoms with Crippen LogP contribution in [0.25, 0.3) is 43.1 Å². The number of pyridine rings is 1. The number of para-hydroxylation sites is 2. The molecule has 47 heavy (non-hydrogen) atoms. The van der Waals surface area contributed by atoms with Crippen LogP contribution >= 0.6 is 0 Å². The Labute approximate surface area is 271 Å². The molecule has 0 fully saturated rings. The maximum atomic E-state index is 15.5. The van der Waals surface area contributed by atoms with Crippen molar-refractivity contribution in [3.05, 3.63) is 176 Å². The van der Waals surface area contributed by atoms with E-state index >= 15 is 4.39 Å². The summed E-state index contributed by atoms with van der Waals surface area (Å²) in [6, 6.07) is 55.4. The molecule has 1 aromatic heterocycles. The predicted molar refractivity (Wildman–Crippen MR) is 195 cm³/mol. The molecule has 0 atom stereocenters. The Bertz CT molecular complexity index is 2540. The highest BCUT2D eigenvalue weighted by Crippen LogP contribution is 2.48. The summed E-state index contributed by atoms with van der Waals surface area (Å²) in [6.45, 7) is 0. The number of hydrogen-bond donors (Lipinski definition) is 0. The van der Waals surface area contributed by atoms with Crippen LogP contribution in [0.4, 0.5) is 38.6 Å².